The van der Waals surface area contributed by atoms with Gasteiger partial charge in [0.25, 0.3) is 0 Å². The van der Waals surface area contributed by atoms with E-state index in [2.05, 4.69) is 4.72 Å². The van der Waals surface area contributed by atoms with Crippen LogP contribution in [0.3, 0.4) is 0 Å². The molecule has 3 N–H and O–H groups in total. The Balaban J connectivity index is 2.13. The van der Waals surface area contributed by atoms with Gasteiger partial charge in [-0.2, -0.15) is 0 Å². The average molecular weight is 296 g/mol. The molecular formula is C15H24N2O2S. The molecule has 0 spiro atoms. The van der Waals surface area contributed by atoms with Crippen LogP contribution in [0.15, 0.2) is 29.2 Å². The lowest BCUT2D eigenvalue weighted by atomic mass is 9.97. The maximum Gasteiger partial charge on any atom is 0.241 e. The molecule has 1 fully saturated rings. The number of benzene rings is 1. The van der Waals surface area contributed by atoms with E-state index in [1.54, 1.807) is 18.2 Å². The summed E-state index contributed by atoms with van der Waals surface area (Å²) in [5.41, 5.74) is 6.31. The Morgan fingerprint density at radius 3 is 2.30 bits per heavy atom. The number of rotatable bonds is 4. The molecule has 1 aromatic rings. The van der Waals surface area contributed by atoms with Crippen molar-refractivity contribution in [2.75, 3.05) is 0 Å². The van der Waals surface area contributed by atoms with Crippen molar-refractivity contribution < 1.29 is 8.42 Å². The minimum absolute atomic E-state index is 0.0612. The van der Waals surface area contributed by atoms with Crippen LogP contribution in [0.25, 0.3) is 0 Å². The predicted molar refractivity (Wildman–Crippen MR) is 80.8 cm³/mol. The summed E-state index contributed by atoms with van der Waals surface area (Å²) in [7, 11) is -3.46. The molecule has 1 aromatic carbocycles. The van der Waals surface area contributed by atoms with Crippen molar-refractivity contribution in [1.29, 1.82) is 0 Å². The summed E-state index contributed by atoms with van der Waals surface area (Å²) in [6.07, 6.45) is 7.76. The van der Waals surface area contributed by atoms with Crippen molar-refractivity contribution >= 4 is 10.0 Å². The standard InChI is InChI=1S/C15H24N2O2S/c16-12-13-8-6-7-11-15(13)20(18,19)17-14-9-4-2-1-3-5-10-14/h6-8,11,14,17H,1-5,9-10,12,16H2. The van der Waals surface area contributed by atoms with Gasteiger partial charge < -0.3 is 5.73 Å². The molecule has 0 saturated heterocycles. The molecule has 1 saturated carbocycles. The summed E-state index contributed by atoms with van der Waals surface area (Å²) in [4.78, 5) is 0.324. The van der Waals surface area contributed by atoms with Gasteiger partial charge in [-0.3, -0.25) is 0 Å². The molecule has 112 valence electrons. The van der Waals surface area contributed by atoms with Crippen LogP contribution in [0.1, 0.15) is 50.5 Å². The van der Waals surface area contributed by atoms with E-state index in [4.69, 9.17) is 5.73 Å². The second-order valence-corrected chi connectivity index (χ2v) is 7.16. The van der Waals surface area contributed by atoms with E-state index in [1.807, 2.05) is 6.07 Å². The van der Waals surface area contributed by atoms with Crippen molar-refractivity contribution in [1.82, 2.24) is 4.72 Å². The lowest BCUT2D eigenvalue weighted by Crippen LogP contribution is -2.35. The summed E-state index contributed by atoms with van der Waals surface area (Å²) < 4.78 is 27.9. The van der Waals surface area contributed by atoms with E-state index in [0.29, 0.717) is 10.5 Å². The molecule has 0 aromatic heterocycles. The molecule has 1 aliphatic carbocycles. The fourth-order valence-electron chi connectivity index (χ4n) is 2.79. The van der Waals surface area contributed by atoms with E-state index in [1.165, 1.54) is 19.3 Å². The zero-order valence-electron chi connectivity index (χ0n) is 11.8. The summed E-state index contributed by atoms with van der Waals surface area (Å²) in [5.74, 6) is 0. The minimum Gasteiger partial charge on any atom is -0.326 e. The molecule has 0 radical (unpaired) electrons. The summed E-state index contributed by atoms with van der Waals surface area (Å²) in [6, 6.07) is 7.02. The van der Waals surface area contributed by atoms with Crippen LogP contribution >= 0.6 is 0 Å². The number of nitrogens with one attached hydrogen (secondary N) is 1. The quantitative estimate of drug-likeness (QED) is 0.897. The zero-order valence-corrected chi connectivity index (χ0v) is 12.7. The second-order valence-electron chi connectivity index (χ2n) is 5.48. The van der Waals surface area contributed by atoms with Gasteiger partial charge in [-0.05, 0) is 24.5 Å². The Bertz CT molecular complexity index is 520. The lowest BCUT2D eigenvalue weighted by Gasteiger charge is -2.21. The number of hydrogen-bond donors (Lipinski definition) is 2. The lowest BCUT2D eigenvalue weighted by molar-refractivity contribution is 0.426. The minimum atomic E-state index is -3.46. The van der Waals surface area contributed by atoms with Crippen molar-refractivity contribution in [3.63, 3.8) is 0 Å². The van der Waals surface area contributed by atoms with Gasteiger partial charge in [-0.15, -0.1) is 0 Å². The van der Waals surface area contributed by atoms with Gasteiger partial charge in [0.05, 0.1) is 4.90 Å². The van der Waals surface area contributed by atoms with Gasteiger partial charge >= 0.3 is 0 Å². The topological polar surface area (TPSA) is 72.2 Å². The first-order valence-corrected chi connectivity index (χ1v) is 8.92. The van der Waals surface area contributed by atoms with Crippen molar-refractivity contribution in [2.45, 2.75) is 62.4 Å². The normalized spacial score (nSPS) is 18.4. The Labute approximate surface area is 121 Å². The molecular weight excluding hydrogens is 272 g/mol. The molecule has 20 heavy (non-hydrogen) atoms. The molecule has 0 atom stereocenters. The van der Waals surface area contributed by atoms with Crippen molar-refractivity contribution in [2.24, 2.45) is 5.73 Å². The van der Waals surface area contributed by atoms with Gasteiger partial charge in [-0.1, -0.05) is 50.3 Å². The molecule has 0 unspecified atom stereocenters. The van der Waals surface area contributed by atoms with Crippen LogP contribution in [-0.4, -0.2) is 14.5 Å². The third kappa shape index (κ3) is 4.04. The van der Waals surface area contributed by atoms with Gasteiger partial charge in [0, 0.05) is 12.6 Å². The maximum absolute atomic E-state index is 12.5. The number of sulfonamides is 1. The highest BCUT2D eigenvalue weighted by atomic mass is 32.2. The average Bonchev–Trinajstić information content (AvgIpc) is 2.41. The fourth-order valence-corrected chi connectivity index (χ4v) is 4.35. The van der Waals surface area contributed by atoms with E-state index < -0.39 is 10.0 Å². The predicted octanol–water partition coefficient (Wildman–Crippen LogP) is 2.54. The van der Waals surface area contributed by atoms with Crippen LogP contribution in [-0.2, 0) is 16.6 Å². The first-order valence-electron chi connectivity index (χ1n) is 7.44. The third-order valence-electron chi connectivity index (χ3n) is 3.91. The van der Waals surface area contributed by atoms with Crippen LogP contribution in [0.5, 0.6) is 0 Å². The van der Waals surface area contributed by atoms with Crippen LogP contribution in [0.4, 0.5) is 0 Å². The molecule has 0 aliphatic heterocycles. The van der Waals surface area contributed by atoms with Crippen molar-refractivity contribution in [3.05, 3.63) is 29.8 Å². The molecule has 1 aliphatic rings. The highest BCUT2D eigenvalue weighted by Crippen LogP contribution is 2.20. The van der Waals surface area contributed by atoms with E-state index >= 15 is 0 Å². The molecule has 5 heteroatoms. The summed E-state index contributed by atoms with van der Waals surface area (Å²) in [5, 5.41) is 0. The molecule has 4 nitrogen and oxygen atoms in total. The van der Waals surface area contributed by atoms with Crippen LogP contribution in [0, 0.1) is 0 Å². The smallest absolute Gasteiger partial charge is 0.241 e. The van der Waals surface area contributed by atoms with Crippen molar-refractivity contribution in [3.8, 4) is 0 Å². The van der Waals surface area contributed by atoms with Gasteiger partial charge in [0.15, 0.2) is 0 Å². The van der Waals surface area contributed by atoms with Gasteiger partial charge in [0.1, 0.15) is 0 Å². The fraction of sp³-hybridized carbons (Fsp3) is 0.600. The zero-order chi connectivity index (χ0) is 14.4. The maximum atomic E-state index is 12.5. The molecule has 0 heterocycles. The number of nitrogens with two attached hydrogens (primary N) is 1. The van der Waals surface area contributed by atoms with Crippen LogP contribution in [0.2, 0.25) is 0 Å². The van der Waals surface area contributed by atoms with E-state index in [9.17, 15) is 8.42 Å². The second kappa shape index (κ2) is 7.20. The molecule has 0 bridgehead atoms. The Morgan fingerprint density at radius 2 is 1.65 bits per heavy atom. The van der Waals surface area contributed by atoms with E-state index in [-0.39, 0.29) is 12.6 Å². The third-order valence-corrected chi connectivity index (χ3v) is 5.53. The summed E-state index contributed by atoms with van der Waals surface area (Å²) in [6.45, 7) is 0.238. The largest absolute Gasteiger partial charge is 0.326 e. The highest BCUT2D eigenvalue weighted by Gasteiger charge is 2.22. The van der Waals surface area contributed by atoms with E-state index in [0.717, 1.165) is 25.7 Å². The van der Waals surface area contributed by atoms with Gasteiger partial charge in [0.2, 0.25) is 10.0 Å². The Morgan fingerprint density at radius 1 is 1.05 bits per heavy atom. The highest BCUT2D eigenvalue weighted by molar-refractivity contribution is 7.89. The van der Waals surface area contributed by atoms with Crippen LogP contribution < -0.4 is 10.5 Å². The molecule has 2 rings (SSSR count). The number of hydrogen-bond acceptors (Lipinski definition) is 3. The Kier molecular flexibility index (Phi) is 5.57. The SMILES string of the molecule is NCc1ccccc1S(=O)(=O)NC1CCCCCCC1. The van der Waals surface area contributed by atoms with Gasteiger partial charge in [-0.25, -0.2) is 13.1 Å². The Hall–Kier alpha value is -0.910. The first kappa shape index (κ1) is 15.5. The first-order chi connectivity index (χ1) is 9.63. The molecule has 0 amide bonds. The summed E-state index contributed by atoms with van der Waals surface area (Å²) >= 11 is 0. The monoisotopic (exact) mass is 296 g/mol.